The Bertz CT molecular complexity index is 2930. The van der Waals surface area contributed by atoms with Gasteiger partial charge in [-0.3, -0.25) is 4.98 Å². The summed E-state index contributed by atoms with van der Waals surface area (Å²) in [5.74, 6) is 0.606. The van der Waals surface area contributed by atoms with E-state index < -0.39 is 12.7 Å². The van der Waals surface area contributed by atoms with Crippen LogP contribution in [0.3, 0.4) is 0 Å². The molecular formula is C52H47IrN3S-2. The quantitative estimate of drug-likeness (QED) is 0.149. The number of fused-ring (bicyclic) bond motifs is 4. The molecule has 0 amide bonds. The van der Waals surface area contributed by atoms with Gasteiger partial charge in [0, 0.05) is 42.2 Å². The average molecular weight is 942 g/mol. The van der Waals surface area contributed by atoms with Crippen molar-refractivity contribution in [3.8, 4) is 39.5 Å². The first-order valence-electron chi connectivity index (χ1n) is 21.2. The number of pyridine rings is 1. The maximum atomic E-state index is 8.16. The van der Waals surface area contributed by atoms with Crippen molar-refractivity contribution in [3.63, 3.8) is 0 Å². The monoisotopic (exact) mass is 942 g/mol. The summed E-state index contributed by atoms with van der Waals surface area (Å²) in [6.07, 6.45) is 1.36. The molecule has 0 atom stereocenters. The van der Waals surface area contributed by atoms with E-state index in [0.717, 1.165) is 28.0 Å². The topological polar surface area (TPSA) is 30.7 Å². The summed E-state index contributed by atoms with van der Waals surface area (Å²) in [6, 6.07) is 52.7. The smallest absolute Gasteiger partial charge is 0.0774 e. The fourth-order valence-corrected chi connectivity index (χ4v) is 8.66. The van der Waals surface area contributed by atoms with E-state index in [0.29, 0.717) is 23.1 Å². The summed E-state index contributed by atoms with van der Waals surface area (Å²) in [7, 11) is 0. The van der Waals surface area contributed by atoms with Crippen LogP contribution in [0.5, 0.6) is 0 Å². The van der Waals surface area contributed by atoms with E-state index >= 15 is 0 Å². The number of hydrogen-bond acceptors (Lipinski definition) is 3. The minimum absolute atomic E-state index is 0. The van der Waals surface area contributed by atoms with Gasteiger partial charge < -0.3 is 9.55 Å². The van der Waals surface area contributed by atoms with Crippen LogP contribution < -0.4 is 0 Å². The molecule has 3 nitrogen and oxygen atoms in total. The van der Waals surface area contributed by atoms with Gasteiger partial charge in [0.1, 0.15) is 0 Å². The molecule has 57 heavy (non-hydrogen) atoms. The molecule has 0 fully saturated rings. The number of aryl methyl sites for hydroxylation is 1. The van der Waals surface area contributed by atoms with Crippen LogP contribution in [0, 0.1) is 19.0 Å². The van der Waals surface area contributed by atoms with E-state index in [4.69, 9.17) is 10.5 Å². The van der Waals surface area contributed by atoms with Crippen LogP contribution in [-0.2, 0) is 20.1 Å². The molecule has 0 unspecified atom stereocenters. The molecule has 287 valence electrons. The molecule has 1 radical (unpaired) electrons. The summed E-state index contributed by atoms with van der Waals surface area (Å²) in [5.41, 5.74) is 11.6. The summed E-state index contributed by atoms with van der Waals surface area (Å²) in [5, 5.41) is 2.55. The van der Waals surface area contributed by atoms with Crippen LogP contribution in [0.4, 0.5) is 0 Å². The van der Waals surface area contributed by atoms with E-state index in [2.05, 4.69) is 153 Å². The fourth-order valence-electron chi connectivity index (χ4n) is 7.46. The summed E-state index contributed by atoms with van der Waals surface area (Å²) in [4.78, 5) is 9.51. The predicted molar refractivity (Wildman–Crippen MR) is 239 cm³/mol. The van der Waals surface area contributed by atoms with Gasteiger partial charge in [0.2, 0.25) is 0 Å². The zero-order valence-electron chi connectivity index (χ0n) is 37.0. The van der Waals surface area contributed by atoms with Crippen molar-refractivity contribution in [3.05, 3.63) is 174 Å². The standard InChI is InChI=1S/C37H31N2S.C15H16N.Ir/c1-23(2)30-21-26(25-13-6-5-7-14-25)22-31(24(3)4)35(30)39-33-19-10-9-18-32(33)38-37(39)29-17-12-16-28-27-15-8-11-20-34(27)40-36(28)29;1-11(2)14-9-15(16-10-12(14)3)13-7-5-4-6-8-13;/h5-16,18-24H,1-4H3;4-7,9-11H,1-3H3;/q2*-1;/i;3D3,11D;. The van der Waals surface area contributed by atoms with Gasteiger partial charge in [-0.15, -0.1) is 54.1 Å². The molecule has 0 saturated carbocycles. The Morgan fingerprint density at radius 3 is 2.09 bits per heavy atom. The Balaban J connectivity index is 0.000000226. The first-order chi connectivity index (χ1) is 28.7. The van der Waals surface area contributed by atoms with E-state index in [-0.39, 0.29) is 25.7 Å². The molecule has 9 rings (SSSR count). The van der Waals surface area contributed by atoms with Crippen molar-refractivity contribution in [2.45, 2.75) is 66.1 Å². The Hall–Kier alpha value is -5.19. The van der Waals surface area contributed by atoms with Gasteiger partial charge in [-0.1, -0.05) is 119 Å². The SMILES string of the molecule is CC(C)c1cc(-c2ccccc2)cc(C(C)C)c1-n1c(-c2[c-]ccc3c2sc2ccccc23)nc2ccccc21.[2H]C([2H])([2H])c1cnc(-c2[c-]cccc2)cc1C([2H])(C)C.[Ir]. The van der Waals surface area contributed by atoms with Crippen molar-refractivity contribution in [1.29, 1.82) is 0 Å². The maximum absolute atomic E-state index is 8.16. The number of para-hydroxylation sites is 2. The molecular weight excluding hydrogens is 891 g/mol. The van der Waals surface area contributed by atoms with Crippen molar-refractivity contribution >= 4 is 42.5 Å². The van der Waals surface area contributed by atoms with Crippen LogP contribution in [-0.4, -0.2) is 14.5 Å². The molecule has 0 bridgehead atoms. The van der Waals surface area contributed by atoms with Gasteiger partial charge in [0.15, 0.2) is 0 Å². The van der Waals surface area contributed by atoms with Gasteiger partial charge in [0.25, 0.3) is 0 Å². The molecule has 0 N–H and O–H groups in total. The molecule has 9 aromatic rings. The van der Waals surface area contributed by atoms with Gasteiger partial charge in [0.05, 0.1) is 16.9 Å². The van der Waals surface area contributed by atoms with Gasteiger partial charge in [-0.2, -0.15) is 11.3 Å². The first kappa shape index (κ1) is 35.0. The number of aromatic nitrogens is 3. The van der Waals surface area contributed by atoms with Crippen LogP contribution in [0.25, 0.3) is 70.7 Å². The van der Waals surface area contributed by atoms with Crippen LogP contribution in [0.1, 0.15) is 87.0 Å². The molecule has 0 aliphatic carbocycles. The van der Waals surface area contributed by atoms with Crippen molar-refractivity contribution in [2.24, 2.45) is 0 Å². The van der Waals surface area contributed by atoms with Crippen molar-refractivity contribution in [2.75, 3.05) is 0 Å². The van der Waals surface area contributed by atoms with E-state index in [9.17, 15) is 0 Å². The number of thiophene rings is 1. The third-order valence-corrected chi connectivity index (χ3v) is 11.5. The molecule has 6 aromatic carbocycles. The number of benzene rings is 6. The zero-order valence-corrected chi connectivity index (χ0v) is 36.2. The second-order valence-electron chi connectivity index (χ2n) is 15.0. The van der Waals surface area contributed by atoms with Gasteiger partial charge in [-0.05, 0) is 104 Å². The van der Waals surface area contributed by atoms with Crippen LogP contribution in [0.2, 0.25) is 0 Å². The molecule has 3 aromatic heterocycles. The third kappa shape index (κ3) is 7.90. The second-order valence-corrected chi connectivity index (χ2v) is 16.1. The Labute approximate surface area is 360 Å². The normalized spacial score (nSPS) is 12.8. The third-order valence-electron chi connectivity index (χ3n) is 10.3. The number of nitrogens with zero attached hydrogens (tertiary/aromatic N) is 3. The first-order valence-corrected chi connectivity index (χ1v) is 20.0. The second kappa shape index (κ2) is 17.1. The summed E-state index contributed by atoms with van der Waals surface area (Å²) < 4.78 is 35.8. The maximum Gasteiger partial charge on any atom is 0.0774 e. The number of imidazole rings is 1. The molecule has 0 aliphatic heterocycles. The molecule has 3 heterocycles. The van der Waals surface area contributed by atoms with Crippen LogP contribution in [0.15, 0.2) is 140 Å². The average Bonchev–Trinajstić information content (AvgIpc) is 3.82. The van der Waals surface area contributed by atoms with E-state index in [1.54, 1.807) is 26.0 Å². The molecule has 5 heteroatoms. The summed E-state index contributed by atoms with van der Waals surface area (Å²) in [6.45, 7) is 10.3. The molecule has 0 spiro atoms. The number of rotatable bonds is 7. The molecule has 0 saturated heterocycles. The zero-order chi connectivity index (χ0) is 42.3. The van der Waals surface area contributed by atoms with Crippen molar-refractivity contribution in [1.82, 2.24) is 14.5 Å². The Kier molecular flexibility index (Phi) is 10.5. The van der Waals surface area contributed by atoms with Gasteiger partial charge >= 0.3 is 0 Å². The minimum atomic E-state index is -2.26. The minimum Gasteiger partial charge on any atom is -0.333 e. The Morgan fingerprint density at radius 1 is 0.684 bits per heavy atom. The van der Waals surface area contributed by atoms with E-state index in [1.807, 2.05) is 29.5 Å². The van der Waals surface area contributed by atoms with Gasteiger partial charge in [-0.25, -0.2) is 0 Å². The number of hydrogen-bond donors (Lipinski definition) is 0. The summed E-state index contributed by atoms with van der Waals surface area (Å²) >= 11 is 1.83. The molecule has 0 aliphatic rings. The van der Waals surface area contributed by atoms with E-state index in [1.165, 1.54) is 54.3 Å². The fraction of sp³-hybridized carbons (Fsp3) is 0.192. The van der Waals surface area contributed by atoms with Crippen molar-refractivity contribution < 1.29 is 25.6 Å². The predicted octanol–water partition coefficient (Wildman–Crippen LogP) is 14.8. The Morgan fingerprint density at radius 2 is 1.39 bits per heavy atom. The largest absolute Gasteiger partial charge is 0.333 e. The van der Waals surface area contributed by atoms with Crippen LogP contribution >= 0.6 is 11.3 Å².